The fraction of sp³-hybridized carbons (Fsp3) is 0.379. The Bertz CT molecular complexity index is 1410. The van der Waals surface area contributed by atoms with Gasteiger partial charge in [0.2, 0.25) is 10.0 Å². The Morgan fingerprint density at radius 2 is 1.82 bits per heavy atom. The smallest absolute Gasteiger partial charge is 0.260 e. The standard InChI is InChI=1S/C29H36N4O5S2/c1-4-15-32(16-5-2)40(35,36)24-13-11-23(12-14-24)28(34)33(18-8-17-31-19-21-37-22-20-31)29-30-27-25(38-6-3)9-7-10-26(27)39-29/h4-5,7,9-14H,1-2,6,8,15-22H2,3H3. The second-order valence-corrected chi connectivity index (χ2v) is 12.2. The summed E-state index contributed by atoms with van der Waals surface area (Å²) in [5.41, 5.74) is 1.11. The number of benzene rings is 2. The van der Waals surface area contributed by atoms with Crippen LogP contribution < -0.4 is 9.64 Å². The predicted octanol–water partition coefficient (Wildman–Crippen LogP) is 4.43. The lowest BCUT2D eigenvalue weighted by Crippen LogP contribution is -2.39. The second kappa shape index (κ2) is 14.0. The molecule has 2 heterocycles. The van der Waals surface area contributed by atoms with Crippen LogP contribution in [-0.4, -0.2) is 87.6 Å². The van der Waals surface area contributed by atoms with Gasteiger partial charge >= 0.3 is 0 Å². The third-order valence-corrected chi connectivity index (χ3v) is 9.40. The highest BCUT2D eigenvalue weighted by atomic mass is 32.2. The summed E-state index contributed by atoms with van der Waals surface area (Å²) in [7, 11) is -3.77. The first-order chi connectivity index (χ1) is 19.4. The molecule has 1 aliphatic heterocycles. The van der Waals surface area contributed by atoms with Crippen LogP contribution >= 0.6 is 11.3 Å². The summed E-state index contributed by atoms with van der Waals surface area (Å²) >= 11 is 1.44. The highest BCUT2D eigenvalue weighted by Gasteiger charge is 2.25. The second-order valence-electron chi connectivity index (χ2n) is 9.22. The van der Waals surface area contributed by atoms with Gasteiger partial charge in [-0.1, -0.05) is 29.6 Å². The number of ether oxygens (including phenoxy) is 2. The quantitative estimate of drug-likeness (QED) is 0.259. The van der Waals surface area contributed by atoms with Crippen LogP contribution in [0.1, 0.15) is 23.7 Å². The average molecular weight is 585 g/mol. The Balaban J connectivity index is 1.61. The molecule has 1 aliphatic rings. The van der Waals surface area contributed by atoms with Crippen LogP contribution in [0.4, 0.5) is 5.13 Å². The third-order valence-electron chi connectivity index (χ3n) is 6.51. The van der Waals surface area contributed by atoms with E-state index < -0.39 is 10.0 Å². The Labute approximate surface area is 240 Å². The van der Waals surface area contributed by atoms with E-state index >= 15 is 0 Å². The van der Waals surface area contributed by atoms with Gasteiger partial charge in [-0.3, -0.25) is 14.6 Å². The van der Waals surface area contributed by atoms with E-state index in [1.54, 1.807) is 17.0 Å². The van der Waals surface area contributed by atoms with Crippen LogP contribution in [0.25, 0.3) is 10.2 Å². The van der Waals surface area contributed by atoms with Gasteiger partial charge < -0.3 is 9.47 Å². The Kier molecular flexibility index (Phi) is 10.5. The van der Waals surface area contributed by atoms with Crippen LogP contribution in [0.15, 0.2) is 72.7 Å². The first-order valence-corrected chi connectivity index (χ1v) is 15.6. The van der Waals surface area contributed by atoms with E-state index in [9.17, 15) is 13.2 Å². The van der Waals surface area contributed by atoms with Crippen molar-refractivity contribution in [2.45, 2.75) is 18.2 Å². The number of thiazole rings is 1. The molecular weight excluding hydrogens is 548 g/mol. The summed E-state index contributed by atoms with van der Waals surface area (Å²) in [6.07, 6.45) is 3.82. The number of fused-ring (bicyclic) bond motifs is 1. The lowest BCUT2D eigenvalue weighted by Gasteiger charge is -2.27. The van der Waals surface area contributed by atoms with Crippen molar-refractivity contribution in [3.05, 3.63) is 73.3 Å². The van der Waals surface area contributed by atoms with Crippen molar-refractivity contribution in [2.24, 2.45) is 0 Å². The number of morpholine rings is 1. The van der Waals surface area contributed by atoms with Crippen LogP contribution in [0.2, 0.25) is 0 Å². The number of hydrogen-bond donors (Lipinski definition) is 0. The molecule has 214 valence electrons. The number of carbonyl (C=O) groups is 1. The van der Waals surface area contributed by atoms with Gasteiger partial charge in [-0.2, -0.15) is 4.31 Å². The van der Waals surface area contributed by atoms with E-state index in [-0.39, 0.29) is 23.9 Å². The van der Waals surface area contributed by atoms with Crippen molar-refractivity contribution in [1.82, 2.24) is 14.2 Å². The topological polar surface area (TPSA) is 92.3 Å². The van der Waals surface area contributed by atoms with Crippen molar-refractivity contribution in [3.8, 4) is 5.75 Å². The maximum atomic E-state index is 13.9. The van der Waals surface area contributed by atoms with Crippen LogP contribution in [-0.2, 0) is 14.8 Å². The largest absolute Gasteiger partial charge is 0.492 e. The molecule has 2 aromatic carbocycles. The van der Waals surface area contributed by atoms with Crippen molar-refractivity contribution >= 4 is 42.6 Å². The van der Waals surface area contributed by atoms with E-state index in [1.807, 2.05) is 25.1 Å². The molecule has 11 heteroatoms. The number of sulfonamides is 1. The molecule has 4 rings (SSSR count). The molecule has 0 spiro atoms. The minimum atomic E-state index is -3.77. The summed E-state index contributed by atoms with van der Waals surface area (Å²) < 4.78 is 39.7. The lowest BCUT2D eigenvalue weighted by atomic mass is 10.2. The zero-order valence-electron chi connectivity index (χ0n) is 22.8. The minimum absolute atomic E-state index is 0.105. The fourth-order valence-electron chi connectivity index (χ4n) is 4.49. The van der Waals surface area contributed by atoms with E-state index in [4.69, 9.17) is 14.5 Å². The van der Waals surface area contributed by atoms with Crippen LogP contribution in [0.5, 0.6) is 5.75 Å². The SMILES string of the molecule is C=CCN(CC=C)S(=O)(=O)c1ccc(C(=O)N(CCCN2CCOCC2)c2nc3c(OCC)cccc3s2)cc1. The summed E-state index contributed by atoms with van der Waals surface area (Å²) in [6, 6.07) is 11.8. The number of para-hydroxylation sites is 1. The molecule has 1 saturated heterocycles. The van der Waals surface area contributed by atoms with Crippen LogP contribution in [0, 0.1) is 0 Å². The third kappa shape index (κ3) is 6.97. The molecule has 0 N–H and O–H groups in total. The maximum absolute atomic E-state index is 13.9. The van der Waals surface area contributed by atoms with Gasteiger partial charge in [0.25, 0.3) is 5.91 Å². The summed E-state index contributed by atoms with van der Waals surface area (Å²) in [5, 5.41) is 0.578. The van der Waals surface area contributed by atoms with Gasteiger partial charge in [0, 0.05) is 44.8 Å². The maximum Gasteiger partial charge on any atom is 0.260 e. The van der Waals surface area contributed by atoms with E-state index in [1.165, 1.54) is 39.9 Å². The van der Waals surface area contributed by atoms with Crippen molar-refractivity contribution in [3.63, 3.8) is 0 Å². The van der Waals surface area contributed by atoms with Crippen LogP contribution in [0.3, 0.4) is 0 Å². The summed E-state index contributed by atoms with van der Waals surface area (Å²) in [6.45, 7) is 14.5. The molecule has 1 aromatic heterocycles. The van der Waals surface area contributed by atoms with Crippen molar-refractivity contribution < 1.29 is 22.7 Å². The molecule has 9 nitrogen and oxygen atoms in total. The zero-order valence-corrected chi connectivity index (χ0v) is 24.5. The number of carbonyl (C=O) groups excluding carboxylic acids is 1. The monoisotopic (exact) mass is 584 g/mol. The van der Waals surface area contributed by atoms with Gasteiger partial charge in [-0.25, -0.2) is 13.4 Å². The van der Waals surface area contributed by atoms with Crippen molar-refractivity contribution in [2.75, 3.05) is 64.0 Å². The predicted molar refractivity (Wildman–Crippen MR) is 160 cm³/mol. The summed E-state index contributed by atoms with van der Waals surface area (Å²) in [4.78, 5) is 22.8. The molecule has 3 aromatic rings. The Hall–Kier alpha value is -3.09. The molecule has 0 radical (unpaired) electrons. The van der Waals surface area contributed by atoms with Gasteiger partial charge in [0.15, 0.2) is 5.13 Å². The number of amides is 1. The molecule has 1 fully saturated rings. The first-order valence-electron chi connectivity index (χ1n) is 13.3. The van der Waals surface area contributed by atoms with E-state index in [0.29, 0.717) is 42.8 Å². The molecular formula is C29H36N4O5S2. The number of nitrogens with zero attached hydrogens (tertiary/aromatic N) is 4. The highest BCUT2D eigenvalue weighted by Crippen LogP contribution is 2.35. The fourth-order valence-corrected chi connectivity index (χ4v) is 6.88. The highest BCUT2D eigenvalue weighted by molar-refractivity contribution is 7.89. The minimum Gasteiger partial charge on any atom is -0.492 e. The molecule has 0 unspecified atom stereocenters. The van der Waals surface area contributed by atoms with Gasteiger partial charge in [0.05, 0.1) is 29.4 Å². The lowest BCUT2D eigenvalue weighted by molar-refractivity contribution is 0.0376. The molecule has 0 saturated carbocycles. The molecule has 0 atom stereocenters. The molecule has 1 amide bonds. The zero-order chi connectivity index (χ0) is 28.5. The van der Waals surface area contributed by atoms with E-state index in [2.05, 4.69) is 18.1 Å². The molecule has 0 bridgehead atoms. The van der Waals surface area contributed by atoms with Gasteiger partial charge in [-0.05, 0) is 49.7 Å². The average Bonchev–Trinajstić information content (AvgIpc) is 3.41. The van der Waals surface area contributed by atoms with Gasteiger partial charge in [0.1, 0.15) is 11.3 Å². The summed E-state index contributed by atoms with van der Waals surface area (Å²) in [5.74, 6) is 0.443. The number of aromatic nitrogens is 1. The van der Waals surface area contributed by atoms with Crippen molar-refractivity contribution in [1.29, 1.82) is 0 Å². The number of hydrogen-bond acceptors (Lipinski definition) is 8. The Morgan fingerprint density at radius 3 is 2.48 bits per heavy atom. The van der Waals surface area contributed by atoms with Gasteiger partial charge in [-0.15, -0.1) is 13.2 Å². The van der Waals surface area contributed by atoms with E-state index in [0.717, 1.165) is 36.3 Å². The number of rotatable bonds is 14. The first kappa shape index (κ1) is 29.9. The normalized spacial score (nSPS) is 14.3. The molecule has 40 heavy (non-hydrogen) atoms. The molecule has 0 aliphatic carbocycles. The Morgan fingerprint density at radius 1 is 1.12 bits per heavy atom. The number of anilines is 1.